The average Bonchev–Trinajstić information content (AvgIpc) is 2.81. The summed E-state index contributed by atoms with van der Waals surface area (Å²) in [7, 11) is 0. The predicted octanol–water partition coefficient (Wildman–Crippen LogP) is 1.79. The first-order valence-electron chi connectivity index (χ1n) is 5.81. The van der Waals surface area contributed by atoms with Gasteiger partial charge in [-0.2, -0.15) is 5.26 Å². The fourth-order valence-corrected chi connectivity index (χ4v) is 2.74. The molecule has 82 valence electrons. The number of fused-ring (bicyclic) bond motifs is 1. The monoisotopic (exact) mass is 206 g/mol. The second kappa shape index (κ2) is 3.84. The van der Waals surface area contributed by atoms with E-state index >= 15 is 0 Å². The van der Waals surface area contributed by atoms with E-state index in [0.717, 1.165) is 24.7 Å². The molecule has 0 N–H and O–H groups in total. The third-order valence-electron chi connectivity index (χ3n) is 3.74. The van der Waals surface area contributed by atoms with Crippen LogP contribution in [0.15, 0.2) is 0 Å². The minimum atomic E-state index is 0.147. The zero-order chi connectivity index (χ0) is 11.0. The van der Waals surface area contributed by atoms with Crippen molar-refractivity contribution in [3.8, 4) is 6.07 Å². The molecule has 2 aliphatic carbocycles. The fraction of sp³-hybridized carbons (Fsp3) is 0.833. The van der Waals surface area contributed by atoms with Gasteiger partial charge in [-0.3, -0.25) is 4.79 Å². The molecule has 2 atom stereocenters. The third-order valence-corrected chi connectivity index (χ3v) is 3.74. The molecule has 1 amide bonds. The van der Waals surface area contributed by atoms with Gasteiger partial charge in [0, 0.05) is 12.0 Å². The van der Waals surface area contributed by atoms with Crippen molar-refractivity contribution in [2.45, 2.75) is 39.2 Å². The van der Waals surface area contributed by atoms with Crippen LogP contribution >= 0.6 is 0 Å². The number of carbonyl (C=O) groups is 1. The Balaban J connectivity index is 1.95. The summed E-state index contributed by atoms with van der Waals surface area (Å²) in [5.41, 5.74) is 0. The Bertz CT molecular complexity index is 295. The molecule has 2 saturated carbocycles. The van der Waals surface area contributed by atoms with Crippen molar-refractivity contribution in [1.29, 1.82) is 5.26 Å². The van der Waals surface area contributed by atoms with Crippen molar-refractivity contribution in [2.75, 3.05) is 6.54 Å². The number of carbonyl (C=O) groups excluding carboxylic acids is 1. The van der Waals surface area contributed by atoms with Gasteiger partial charge in [-0.05, 0) is 44.9 Å². The minimum absolute atomic E-state index is 0.147. The molecule has 0 heterocycles. The SMILES string of the molecule is CC(C)N(CC#N)C(=O)C1CC2CC2C1. The van der Waals surface area contributed by atoms with Crippen molar-refractivity contribution < 1.29 is 4.79 Å². The average molecular weight is 206 g/mol. The molecule has 0 saturated heterocycles. The Kier molecular flexibility index (Phi) is 2.68. The molecular weight excluding hydrogens is 188 g/mol. The number of nitriles is 1. The normalized spacial score (nSPS) is 32.3. The molecule has 0 aliphatic heterocycles. The first-order chi connectivity index (χ1) is 7.13. The topological polar surface area (TPSA) is 44.1 Å². The summed E-state index contributed by atoms with van der Waals surface area (Å²) >= 11 is 0. The largest absolute Gasteiger partial charge is 0.327 e. The first kappa shape index (κ1) is 10.5. The van der Waals surface area contributed by atoms with Crippen LogP contribution < -0.4 is 0 Å². The molecule has 0 aromatic rings. The quantitative estimate of drug-likeness (QED) is 0.661. The van der Waals surface area contributed by atoms with E-state index < -0.39 is 0 Å². The highest BCUT2D eigenvalue weighted by molar-refractivity contribution is 5.80. The van der Waals surface area contributed by atoms with Gasteiger partial charge in [-0.1, -0.05) is 0 Å². The van der Waals surface area contributed by atoms with Gasteiger partial charge in [0.15, 0.2) is 0 Å². The highest BCUT2D eigenvalue weighted by atomic mass is 16.2. The Labute approximate surface area is 91.1 Å². The van der Waals surface area contributed by atoms with Crippen LogP contribution in [-0.4, -0.2) is 23.4 Å². The first-order valence-corrected chi connectivity index (χ1v) is 5.81. The maximum Gasteiger partial charge on any atom is 0.226 e. The van der Waals surface area contributed by atoms with Crippen LogP contribution in [0.2, 0.25) is 0 Å². The summed E-state index contributed by atoms with van der Waals surface area (Å²) in [5.74, 6) is 2.08. The molecule has 0 radical (unpaired) electrons. The summed E-state index contributed by atoms with van der Waals surface area (Å²) in [6, 6.07) is 2.23. The van der Waals surface area contributed by atoms with Crippen LogP contribution in [0, 0.1) is 29.1 Å². The molecule has 0 aromatic heterocycles. The molecule has 3 nitrogen and oxygen atoms in total. The van der Waals surface area contributed by atoms with E-state index in [4.69, 9.17) is 5.26 Å². The number of nitrogens with zero attached hydrogens (tertiary/aromatic N) is 2. The van der Waals surface area contributed by atoms with Gasteiger partial charge in [0.2, 0.25) is 5.91 Å². The lowest BCUT2D eigenvalue weighted by Crippen LogP contribution is -2.40. The van der Waals surface area contributed by atoms with Gasteiger partial charge < -0.3 is 4.90 Å². The fourth-order valence-electron chi connectivity index (χ4n) is 2.74. The van der Waals surface area contributed by atoms with Crippen LogP contribution in [-0.2, 0) is 4.79 Å². The Hall–Kier alpha value is -1.04. The highest BCUT2D eigenvalue weighted by Gasteiger charge is 2.48. The second-order valence-corrected chi connectivity index (χ2v) is 5.14. The molecule has 3 heteroatoms. The van der Waals surface area contributed by atoms with Crippen molar-refractivity contribution >= 4 is 5.91 Å². The smallest absolute Gasteiger partial charge is 0.226 e. The molecule has 2 fully saturated rings. The Morgan fingerprint density at radius 1 is 1.40 bits per heavy atom. The van der Waals surface area contributed by atoms with Crippen LogP contribution in [0.5, 0.6) is 0 Å². The Morgan fingerprint density at radius 3 is 2.47 bits per heavy atom. The molecule has 0 bridgehead atoms. The summed E-state index contributed by atoms with van der Waals surface area (Å²) < 4.78 is 0. The zero-order valence-electron chi connectivity index (χ0n) is 9.44. The lowest BCUT2D eigenvalue weighted by Gasteiger charge is -2.27. The minimum Gasteiger partial charge on any atom is -0.327 e. The summed E-state index contributed by atoms with van der Waals surface area (Å²) in [5, 5.41) is 8.69. The number of hydrogen-bond donors (Lipinski definition) is 0. The molecule has 2 aliphatic rings. The molecular formula is C12H18N2O. The van der Waals surface area contributed by atoms with Crippen LogP contribution in [0.3, 0.4) is 0 Å². The zero-order valence-corrected chi connectivity index (χ0v) is 9.44. The van der Waals surface area contributed by atoms with Gasteiger partial charge in [-0.15, -0.1) is 0 Å². The van der Waals surface area contributed by atoms with E-state index in [1.54, 1.807) is 4.90 Å². The lowest BCUT2D eigenvalue weighted by atomic mass is 10.0. The molecule has 2 rings (SSSR count). The van der Waals surface area contributed by atoms with Gasteiger partial charge in [-0.25, -0.2) is 0 Å². The maximum atomic E-state index is 12.1. The highest BCUT2D eigenvalue weighted by Crippen LogP contribution is 2.54. The second-order valence-electron chi connectivity index (χ2n) is 5.14. The summed E-state index contributed by atoms with van der Waals surface area (Å²) in [4.78, 5) is 13.8. The van der Waals surface area contributed by atoms with Crippen LogP contribution in [0.25, 0.3) is 0 Å². The maximum absolute atomic E-state index is 12.1. The lowest BCUT2D eigenvalue weighted by molar-refractivity contribution is -0.136. The molecule has 2 unspecified atom stereocenters. The van der Waals surface area contributed by atoms with Gasteiger partial charge in [0.25, 0.3) is 0 Å². The Morgan fingerprint density at radius 2 is 2.00 bits per heavy atom. The van der Waals surface area contributed by atoms with Gasteiger partial charge in [0.05, 0.1) is 6.07 Å². The molecule has 0 aromatic carbocycles. The van der Waals surface area contributed by atoms with Crippen molar-refractivity contribution in [1.82, 2.24) is 4.90 Å². The van der Waals surface area contributed by atoms with E-state index in [-0.39, 0.29) is 24.4 Å². The molecule has 0 spiro atoms. The van der Waals surface area contributed by atoms with E-state index in [9.17, 15) is 4.79 Å². The molecule has 15 heavy (non-hydrogen) atoms. The van der Waals surface area contributed by atoms with Crippen LogP contribution in [0.4, 0.5) is 0 Å². The van der Waals surface area contributed by atoms with Crippen LogP contribution in [0.1, 0.15) is 33.1 Å². The predicted molar refractivity (Wildman–Crippen MR) is 56.8 cm³/mol. The van der Waals surface area contributed by atoms with Crippen molar-refractivity contribution in [2.24, 2.45) is 17.8 Å². The summed E-state index contributed by atoms with van der Waals surface area (Å²) in [6.45, 7) is 4.19. The van der Waals surface area contributed by atoms with Gasteiger partial charge in [0.1, 0.15) is 6.54 Å². The standard InChI is InChI=1S/C12H18N2O/c1-8(2)14(4-3-13)12(15)11-6-9-5-10(9)7-11/h8-11H,4-7H2,1-2H3. The van der Waals surface area contributed by atoms with Crippen molar-refractivity contribution in [3.63, 3.8) is 0 Å². The number of amides is 1. The van der Waals surface area contributed by atoms with Crippen molar-refractivity contribution in [3.05, 3.63) is 0 Å². The number of hydrogen-bond acceptors (Lipinski definition) is 2. The summed E-state index contributed by atoms with van der Waals surface area (Å²) in [6.07, 6.45) is 3.47. The van der Waals surface area contributed by atoms with E-state index in [0.29, 0.717) is 0 Å². The third kappa shape index (κ3) is 1.99. The number of rotatable bonds is 3. The van der Waals surface area contributed by atoms with Gasteiger partial charge >= 0.3 is 0 Å². The van der Waals surface area contributed by atoms with E-state index in [2.05, 4.69) is 6.07 Å². The van der Waals surface area contributed by atoms with E-state index in [1.807, 2.05) is 13.8 Å². The van der Waals surface area contributed by atoms with E-state index in [1.165, 1.54) is 6.42 Å².